The van der Waals surface area contributed by atoms with E-state index in [0.717, 1.165) is 11.5 Å². The largest absolute Gasteiger partial charge is 0.381 e. The number of anilines is 2. The Bertz CT molecular complexity index is 845. The van der Waals surface area contributed by atoms with E-state index in [1.54, 1.807) is 18.5 Å². The lowest BCUT2D eigenvalue weighted by Crippen LogP contribution is -2.16. The summed E-state index contributed by atoms with van der Waals surface area (Å²) in [6.07, 6.45) is 1.60. The fraction of sp³-hybridized carbons (Fsp3) is 0.125. The fourth-order valence-corrected chi connectivity index (χ4v) is 4.34. The average Bonchev–Trinajstić information content (AvgIpc) is 2.93. The molecule has 100 valence electrons. The molecule has 3 aromatic heterocycles. The highest BCUT2D eigenvalue weighted by Crippen LogP contribution is 2.25. The Morgan fingerprint density at radius 1 is 1.42 bits per heavy atom. The van der Waals surface area contributed by atoms with Gasteiger partial charge in [-0.3, -0.25) is 9.12 Å². The minimum atomic E-state index is -3.84. The summed E-state index contributed by atoms with van der Waals surface area (Å²) in [7, 11) is -3.84. The van der Waals surface area contributed by atoms with Crippen LogP contribution in [-0.4, -0.2) is 27.2 Å². The molecule has 0 spiro atoms. The van der Waals surface area contributed by atoms with Crippen molar-refractivity contribution < 1.29 is 8.42 Å². The summed E-state index contributed by atoms with van der Waals surface area (Å²) in [6.45, 7) is 1.68. The molecule has 3 aromatic rings. The number of nitrogens with two attached hydrogens (primary N) is 1. The number of fused-ring (bicyclic) bond motifs is 1. The van der Waals surface area contributed by atoms with Gasteiger partial charge in [0.15, 0.2) is 10.8 Å². The van der Waals surface area contributed by atoms with Crippen molar-refractivity contribution in [2.24, 2.45) is 0 Å². The van der Waals surface area contributed by atoms with Gasteiger partial charge < -0.3 is 5.73 Å². The van der Waals surface area contributed by atoms with Crippen LogP contribution in [0.4, 0.5) is 10.9 Å². The zero-order valence-electron chi connectivity index (χ0n) is 9.56. The van der Waals surface area contributed by atoms with Crippen molar-refractivity contribution in [2.45, 2.75) is 11.9 Å². The van der Waals surface area contributed by atoms with Gasteiger partial charge in [0.05, 0.1) is 0 Å². The highest BCUT2D eigenvalue weighted by Gasteiger charge is 2.25. The molecule has 0 bridgehead atoms. The first-order valence-electron chi connectivity index (χ1n) is 5.01. The van der Waals surface area contributed by atoms with E-state index in [0.29, 0.717) is 10.8 Å². The van der Waals surface area contributed by atoms with E-state index in [4.69, 9.17) is 5.73 Å². The Hall–Kier alpha value is -1.72. The lowest BCUT2D eigenvalue weighted by Gasteiger charge is -2.03. The number of nitrogen functional groups attached to an aromatic ring is 1. The van der Waals surface area contributed by atoms with Crippen LogP contribution >= 0.6 is 22.9 Å². The van der Waals surface area contributed by atoms with Crippen LogP contribution in [0, 0.1) is 6.92 Å². The number of nitrogens with one attached hydrogen (secondary N) is 1. The Labute approximate surface area is 116 Å². The number of hydrogen-bond donors (Lipinski definition) is 2. The molecule has 0 fully saturated rings. The molecule has 0 saturated heterocycles. The van der Waals surface area contributed by atoms with Crippen LogP contribution in [0.1, 0.15) is 5.82 Å². The first-order chi connectivity index (χ1) is 8.97. The summed E-state index contributed by atoms with van der Waals surface area (Å²) in [6, 6.07) is 0. The van der Waals surface area contributed by atoms with E-state index in [-0.39, 0.29) is 16.0 Å². The van der Waals surface area contributed by atoms with Gasteiger partial charge in [-0.1, -0.05) is 0 Å². The van der Waals surface area contributed by atoms with Crippen LogP contribution in [0.2, 0.25) is 0 Å². The second-order valence-electron chi connectivity index (χ2n) is 3.61. The maximum atomic E-state index is 12.3. The lowest BCUT2D eigenvalue weighted by atomic mass is 10.8. The SMILES string of the molecule is Cc1nsc(NS(=O)(=O)c2c(N)nc3sccn23)n1. The van der Waals surface area contributed by atoms with Crippen molar-refractivity contribution in [3.05, 3.63) is 17.4 Å². The van der Waals surface area contributed by atoms with Gasteiger partial charge in [0.1, 0.15) is 5.82 Å². The summed E-state index contributed by atoms with van der Waals surface area (Å²) in [4.78, 5) is 8.47. The Morgan fingerprint density at radius 2 is 2.21 bits per heavy atom. The molecule has 0 unspecified atom stereocenters. The molecule has 19 heavy (non-hydrogen) atoms. The number of sulfonamides is 1. The van der Waals surface area contributed by atoms with Crippen molar-refractivity contribution in [3.63, 3.8) is 0 Å². The van der Waals surface area contributed by atoms with Gasteiger partial charge in [-0.05, 0) is 6.92 Å². The monoisotopic (exact) mass is 316 g/mol. The average molecular weight is 316 g/mol. The van der Waals surface area contributed by atoms with Crippen LogP contribution in [0.3, 0.4) is 0 Å². The molecule has 11 heteroatoms. The molecular formula is C8H8N6O2S3. The molecule has 3 N–H and O–H groups in total. The fourth-order valence-electron chi connectivity index (χ4n) is 1.55. The maximum Gasteiger partial charge on any atom is 0.283 e. The molecule has 0 amide bonds. The summed E-state index contributed by atoms with van der Waals surface area (Å²) in [5.41, 5.74) is 5.67. The van der Waals surface area contributed by atoms with E-state index < -0.39 is 10.0 Å². The van der Waals surface area contributed by atoms with E-state index in [2.05, 4.69) is 19.1 Å². The number of aryl methyl sites for hydroxylation is 1. The molecule has 0 atom stereocenters. The Morgan fingerprint density at radius 3 is 2.89 bits per heavy atom. The molecule has 0 aliphatic heterocycles. The number of thiazole rings is 1. The van der Waals surface area contributed by atoms with Gasteiger partial charge in [-0.15, -0.1) is 11.3 Å². The van der Waals surface area contributed by atoms with Gasteiger partial charge >= 0.3 is 0 Å². The van der Waals surface area contributed by atoms with Crippen molar-refractivity contribution in [3.8, 4) is 0 Å². The highest BCUT2D eigenvalue weighted by atomic mass is 32.2. The number of nitrogens with zero attached hydrogens (tertiary/aromatic N) is 4. The Kier molecular flexibility index (Phi) is 2.69. The van der Waals surface area contributed by atoms with Crippen LogP contribution < -0.4 is 10.5 Å². The summed E-state index contributed by atoms with van der Waals surface area (Å²) in [5.74, 6) is 0.463. The van der Waals surface area contributed by atoms with Crippen LogP contribution in [-0.2, 0) is 10.0 Å². The van der Waals surface area contributed by atoms with E-state index in [1.165, 1.54) is 15.7 Å². The van der Waals surface area contributed by atoms with Crippen molar-refractivity contribution >= 4 is 48.8 Å². The first-order valence-corrected chi connectivity index (χ1v) is 8.15. The van der Waals surface area contributed by atoms with Crippen molar-refractivity contribution in [1.29, 1.82) is 0 Å². The standard InChI is InChI=1S/C8H8N6O2S3/c1-4-10-7(18-12-4)13-19(15,16)6-5(9)11-8-14(6)2-3-17-8/h2-3H,9H2,1H3,(H,10,12,13). The first kappa shape index (κ1) is 12.3. The second-order valence-corrected chi connectivity index (χ2v) is 6.83. The molecule has 0 aromatic carbocycles. The van der Waals surface area contributed by atoms with Gasteiger partial charge in [-0.2, -0.15) is 12.8 Å². The predicted octanol–water partition coefficient (Wildman–Crippen LogP) is 0.939. The topological polar surface area (TPSA) is 115 Å². The van der Waals surface area contributed by atoms with Gasteiger partial charge in [0.2, 0.25) is 10.2 Å². The molecule has 3 heterocycles. The van der Waals surface area contributed by atoms with Crippen LogP contribution in [0.5, 0.6) is 0 Å². The zero-order valence-corrected chi connectivity index (χ0v) is 12.0. The molecule has 3 rings (SSSR count). The summed E-state index contributed by atoms with van der Waals surface area (Å²) in [5, 5.41) is 1.84. The third kappa shape index (κ3) is 2.05. The van der Waals surface area contributed by atoms with E-state index >= 15 is 0 Å². The number of rotatable bonds is 3. The van der Waals surface area contributed by atoms with E-state index in [1.807, 2.05) is 0 Å². The van der Waals surface area contributed by atoms with Gasteiger partial charge in [0.25, 0.3) is 10.0 Å². The molecule has 8 nitrogen and oxygen atoms in total. The molecule has 0 saturated carbocycles. The van der Waals surface area contributed by atoms with Crippen LogP contribution in [0.15, 0.2) is 16.6 Å². The lowest BCUT2D eigenvalue weighted by molar-refractivity contribution is 0.597. The van der Waals surface area contributed by atoms with Gasteiger partial charge in [-0.25, -0.2) is 9.97 Å². The van der Waals surface area contributed by atoms with Gasteiger partial charge in [0, 0.05) is 23.1 Å². The smallest absolute Gasteiger partial charge is 0.283 e. The third-order valence-corrected chi connectivity index (χ3v) is 5.23. The maximum absolute atomic E-state index is 12.3. The normalized spacial score (nSPS) is 12.1. The molecule has 0 radical (unpaired) electrons. The highest BCUT2D eigenvalue weighted by molar-refractivity contribution is 7.93. The number of aromatic nitrogens is 4. The number of imidazole rings is 1. The van der Waals surface area contributed by atoms with Crippen molar-refractivity contribution in [2.75, 3.05) is 10.5 Å². The summed E-state index contributed by atoms with van der Waals surface area (Å²) < 4.78 is 32.3. The van der Waals surface area contributed by atoms with Crippen LogP contribution in [0.25, 0.3) is 4.96 Å². The predicted molar refractivity (Wildman–Crippen MR) is 72.9 cm³/mol. The van der Waals surface area contributed by atoms with E-state index in [9.17, 15) is 8.42 Å². The molecular weight excluding hydrogens is 308 g/mol. The molecule has 0 aliphatic rings. The third-order valence-electron chi connectivity index (χ3n) is 2.25. The van der Waals surface area contributed by atoms with Crippen molar-refractivity contribution in [1.82, 2.24) is 18.7 Å². The Balaban J connectivity index is 2.09. The zero-order chi connectivity index (χ0) is 13.6. The molecule has 0 aliphatic carbocycles. The summed E-state index contributed by atoms with van der Waals surface area (Å²) >= 11 is 2.27. The minimum Gasteiger partial charge on any atom is -0.381 e. The second kappa shape index (κ2) is 4.15. The minimum absolute atomic E-state index is 0.0411. The number of hydrogen-bond acceptors (Lipinski definition) is 8. The quantitative estimate of drug-likeness (QED) is 0.743.